The van der Waals surface area contributed by atoms with E-state index in [1.54, 1.807) is 6.07 Å². The summed E-state index contributed by atoms with van der Waals surface area (Å²) in [5.74, 6) is -0.157. The number of alkyl halides is 3. The van der Waals surface area contributed by atoms with Crippen LogP contribution >= 0.6 is 12.4 Å². The van der Waals surface area contributed by atoms with Gasteiger partial charge >= 0.3 is 6.18 Å². The average Bonchev–Trinajstić information content (AvgIpc) is 2.80. The van der Waals surface area contributed by atoms with E-state index < -0.39 is 11.9 Å². The summed E-state index contributed by atoms with van der Waals surface area (Å²) < 4.78 is 43.0. The van der Waals surface area contributed by atoms with Crippen LogP contribution in [0.15, 0.2) is 12.1 Å². The number of aromatic nitrogens is 1. The van der Waals surface area contributed by atoms with Gasteiger partial charge in [0.15, 0.2) is 0 Å². The number of hydrogen-bond acceptors (Lipinski definition) is 4. The molecule has 19 heavy (non-hydrogen) atoms. The predicted molar refractivity (Wildman–Crippen MR) is 63.1 cm³/mol. The van der Waals surface area contributed by atoms with Crippen LogP contribution in [0.5, 0.6) is 5.88 Å². The third kappa shape index (κ3) is 3.98. The number of pyridine rings is 1. The number of nitrogens with one attached hydrogen (secondary N) is 1. The van der Waals surface area contributed by atoms with Crippen molar-refractivity contribution in [2.75, 3.05) is 13.1 Å². The monoisotopic (exact) mass is 293 g/mol. The number of hydrogen-bond donors (Lipinski definition) is 1. The summed E-state index contributed by atoms with van der Waals surface area (Å²) in [6.07, 6.45) is -4.08. The van der Waals surface area contributed by atoms with Crippen LogP contribution in [0.1, 0.15) is 17.7 Å². The molecule has 1 atom stereocenters. The normalized spacial score (nSPS) is 18.5. The summed E-state index contributed by atoms with van der Waals surface area (Å²) in [5, 5.41) is 11.7. The fourth-order valence-electron chi connectivity index (χ4n) is 1.67. The van der Waals surface area contributed by atoms with Gasteiger partial charge in [-0.05, 0) is 19.0 Å². The molecule has 2 heterocycles. The van der Waals surface area contributed by atoms with E-state index in [0.717, 1.165) is 6.54 Å². The summed E-state index contributed by atoms with van der Waals surface area (Å²) in [4.78, 5) is 3.39. The molecule has 0 aromatic carbocycles. The van der Waals surface area contributed by atoms with Crippen molar-refractivity contribution < 1.29 is 17.9 Å². The number of ether oxygens (including phenoxy) is 1. The summed E-state index contributed by atoms with van der Waals surface area (Å²) in [6, 6.07) is 3.59. The van der Waals surface area contributed by atoms with Crippen LogP contribution in [0.25, 0.3) is 0 Å². The van der Waals surface area contributed by atoms with Crippen LogP contribution in [0.3, 0.4) is 0 Å². The van der Waals surface area contributed by atoms with Crippen molar-refractivity contribution in [3.63, 3.8) is 0 Å². The zero-order chi connectivity index (χ0) is 13.2. The number of rotatable bonds is 2. The van der Waals surface area contributed by atoms with E-state index in [9.17, 15) is 13.2 Å². The van der Waals surface area contributed by atoms with Crippen LogP contribution in [0, 0.1) is 11.3 Å². The maximum Gasteiger partial charge on any atom is 0.433 e. The lowest BCUT2D eigenvalue weighted by molar-refractivity contribution is -0.141. The minimum absolute atomic E-state index is 0. The molecule has 1 aliphatic heterocycles. The van der Waals surface area contributed by atoms with Crippen LogP contribution in [0.2, 0.25) is 0 Å². The van der Waals surface area contributed by atoms with Crippen molar-refractivity contribution in [1.29, 1.82) is 5.26 Å². The molecule has 0 bridgehead atoms. The molecule has 1 aromatic rings. The molecule has 1 unspecified atom stereocenters. The second-order valence-corrected chi connectivity index (χ2v) is 3.92. The standard InChI is InChI=1S/C11H10F3N3O.ClH/c12-11(13,14)9-3-7(5-15)4-10(17-9)18-8-1-2-16-6-8;/h3-4,8,16H,1-2,6H2;1H. The molecule has 0 amide bonds. The van der Waals surface area contributed by atoms with Gasteiger partial charge in [0.05, 0.1) is 11.6 Å². The second kappa shape index (κ2) is 6.08. The maximum absolute atomic E-state index is 12.6. The highest BCUT2D eigenvalue weighted by Crippen LogP contribution is 2.30. The van der Waals surface area contributed by atoms with Gasteiger partial charge in [0.2, 0.25) is 5.88 Å². The minimum Gasteiger partial charge on any atom is -0.473 e. The first-order valence-electron chi connectivity index (χ1n) is 5.36. The van der Waals surface area contributed by atoms with E-state index in [-0.39, 0.29) is 30.0 Å². The molecular formula is C11H11ClF3N3O. The first-order valence-corrected chi connectivity index (χ1v) is 5.36. The van der Waals surface area contributed by atoms with Crippen LogP contribution in [-0.4, -0.2) is 24.2 Å². The predicted octanol–water partition coefficient (Wildman–Crippen LogP) is 2.13. The first kappa shape index (κ1) is 15.5. The fraction of sp³-hybridized carbons (Fsp3) is 0.455. The quantitative estimate of drug-likeness (QED) is 0.907. The third-order valence-corrected chi connectivity index (χ3v) is 2.52. The molecule has 1 aromatic heterocycles. The molecule has 1 fully saturated rings. The van der Waals surface area contributed by atoms with Gasteiger partial charge in [0.1, 0.15) is 11.8 Å². The summed E-state index contributed by atoms with van der Waals surface area (Å²) >= 11 is 0. The third-order valence-electron chi connectivity index (χ3n) is 2.52. The van der Waals surface area contributed by atoms with Gasteiger partial charge in [0, 0.05) is 12.6 Å². The molecule has 1 saturated heterocycles. The Labute approximate surface area is 114 Å². The van der Waals surface area contributed by atoms with E-state index in [2.05, 4.69) is 10.3 Å². The lowest BCUT2D eigenvalue weighted by Gasteiger charge is -2.13. The lowest BCUT2D eigenvalue weighted by Crippen LogP contribution is -2.21. The molecule has 0 spiro atoms. The lowest BCUT2D eigenvalue weighted by atomic mass is 10.2. The molecule has 8 heteroatoms. The van der Waals surface area contributed by atoms with E-state index in [1.807, 2.05) is 0 Å². The summed E-state index contributed by atoms with van der Waals surface area (Å²) in [6.45, 7) is 1.33. The Hall–Kier alpha value is -1.52. The molecule has 0 saturated carbocycles. The zero-order valence-corrected chi connectivity index (χ0v) is 10.5. The van der Waals surface area contributed by atoms with E-state index in [4.69, 9.17) is 10.00 Å². The van der Waals surface area contributed by atoms with Crippen LogP contribution in [-0.2, 0) is 6.18 Å². The zero-order valence-electron chi connectivity index (χ0n) is 9.70. The van der Waals surface area contributed by atoms with Crippen molar-refractivity contribution in [1.82, 2.24) is 10.3 Å². The molecule has 0 aliphatic carbocycles. The molecule has 1 N–H and O–H groups in total. The van der Waals surface area contributed by atoms with Gasteiger partial charge in [-0.1, -0.05) is 0 Å². The highest BCUT2D eigenvalue weighted by Gasteiger charge is 2.33. The van der Waals surface area contributed by atoms with Gasteiger partial charge in [-0.15, -0.1) is 12.4 Å². The minimum atomic E-state index is -4.58. The summed E-state index contributed by atoms with van der Waals surface area (Å²) in [5.41, 5.74) is -1.22. The number of halogens is 4. The Morgan fingerprint density at radius 1 is 1.42 bits per heavy atom. The smallest absolute Gasteiger partial charge is 0.433 e. The maximum atomic E-state index is 12.6. The molecule has 2 rings (SSSR count). The Morgan fingerprint density at radius 2 is 2.16 bits per heavy atom. The highest BCUT2D eigenvalue weighted by atomic mass is 35.5. The molecule has 1 aliphatic rings. The van der Waals surface area contributed by atoms with Crippen molar-refractivity contribution in [2.24, 2.45) is 0 Å². The molecule has 104 valence electrons. The average molecular weight is 294 g/mol. The Bertz CT molecular complexity index is 481. The van der Waals surface area contributed by atoms with E-state index >= 15 is 0 Å². The first-order chi connectivity index (χ1) is 8.49. The van der Waals surface area contributed by atoms with Crippen molar-refractivity contribution in [3.8, 4) is 11.9 Å². The summed E-state index contributed by atoms with van der Waals surface area (Å²) in [7, 11) is 0. The highest BCUT2D eigenvalue weighted by molar-refractivity contribution is 5.85. The van der Waals surface area contributed by atoms with E-state index in [0.29, 0.717) is 19.0 Å². The van der Waals surface area contributed by atoms with Crippen molar-refractivity contribution in [2.45, 2.75) is 18.7 Å². The fourth-order valence-corrected chi connectivity index (χ4v) is 1.67. The van der Waals surface area contributed by atoms with Gasteiger partial charge in [0.25, 0.3) is 0 Å². The largest absolute Gasteiger partial charge is 0.473 e. The topological polar surface area (TPSA) is 57.9 Å². The van der Waals surface area contributed by atoms with Gasteiger partial charge in [-0.25, -0.2) is 4.98 Å². The van der Waals surface area contributed by atoms with Gasteiger partial charge in [-0.3, -0.25) is 0 Å². The Morgan fingerprint density at radius 3 is 2.68 bits per heavy atom. The van der Waals surface area contributed by atoms with Gasteiger partial charge < -0.3 is 10.1 Å². The van der Waals surface area contributed by atoms with Crippen molar-refractivity contribution in [3.05, 3.63) is 23.4 Å². The SMILES string of the molecule is Cl.N#Cc1cc(OC2CCNC2)nc(C(F)(F)F)c1. The second-order valence-electron chi connectivity index (χ2n) is 3.92. The van der Waals surface area contributed by atoms with Crippen molar-refractivity contribution >= 4 is 12.4 Å². The van der Waals surface area contributed by atoms with Crippen LogP contribution < -0.4 is 10.1 Å². The molecule has 0 radical (unpaired) electrons. The molecule has 4 nitrogen and oxygen atoms in total. The Kier molecular flexibility index (Phi) is 4.97. The van der Waals surface area contributed by atoms with Gasteiger partial charge in [-0.2, -0.15) is 18.4 Å². The van der Waals surface area contributed by atoms with Crippen LogP contribution in [0.4, 0.5) is 13.2 Å². The molecular weight excluding hydrogens is 283 g/mol. The Balaban J connectivity index is 0.00000180. The van der Waals surface area contributed by atoms with E-state index in [1.165, 1.54) is 6.07 Å². The number of nitriles is 1. The number of nitrogens with zero attached hydrogens (tertiary/aromatic N) is 2.